The average molecular weight is 510 g/mol. The fraction of sp³-hybridized carbons (Fsp3) is 0.786. The van der Waals surface area contributed by atoms with Crippen LogP contribution in [0.25, 0.3) is 0 Å². The highest BCUT2D eigenvalue weighted by molar-refractivity contribution is 6.01. The summed E-state index contributed by atoms with van der Waals surface area (Å²) in [4.78, 5) is 31.7. The monoisotopic (exact) mass is 509 g/mol. The van der Waals surface area contributed by atoms with Gasteiger partial charge in [0, 0.05) is 35.8 Å². The number of carbonyl (C=O) groups is 2. The van der Waals surface area contributed by atoms with E-state index in [2.05, 4.69) is 20.8 Å². The van der Waals surface area contributed by atoms with Crippen LogP contribution in [0.2, 0.25) is 0 Å². The summed E-state index contributed by atoms with van der Waals surface area (Å²) in [5, 5.41) is 13.2. The van der Waals surface area contributed by atoms with E-state index in [9.17, 15) is 19.1 Å². The van der Waals surface area contributed by atoms with E-state index in [0.717, 1.165) is 12.5 Å². The van der Waals surface area contributed by atoms with Crippen molar-refractivity contribution in [2.75, 3.05) is 19.8 Å². The summed E-state index contributed by atoms with van der Waals surface area (Å²) < 4.78 is 47.0. The van der Waals surface area contributed by atoms with Crippen molar-refractivity contribution in [2.45, 2.75) is 83.8 Å². The lowest BCUT2D eigenvalue weighted by Gasteiger charge is -2.63. The molecule has 0 aromatic rings. The summed E-state index contributed by atoms with van der Waals surface area (Å²) in [5.41, 5.74) is -6.20. The van der Waals surface area contributed by atoms with E-state index in [1.807, 2.05) is 0 Å². The quantitative estimate of drug-likeness (QED) is 0.605. The minimum atomic E-state index is -2.23. The second-order valence-corrected chi connectivity index (χ2v) is 13.4. The number of hydrogen-bond acceptors (Lipinski definition) is 5. The van der Waals surface area contributed by atoms with Crippen molar-refractivity contribution < 1.29 is 32.7 Å². The van der Waals surface area contributed by atoms with E-state index in [1.54, 1.807) is 18.9 Å². The Balaban J connectivity index is 1.55. The number of ketones is 2. The number of alkyl halides is 3. The number of fused-ring (bicyclic) bond motifs is 7. The van der Waals surface area contributed by atoms with Crippen LogP contribution in [-0.2, 0) is 14.4 Å². The maximum Gasteiger partial charge on any atom is 0.198 e. The molecule has 36 heavy (non-hydrogen) atoms. The van der Waals surface area contributed by atoms with Gasteiger partial charge < -0.3 is 5.11 Å². The molecule has 1 heterocycles. The van der Waals surface area contributed by atoms with Crippen molar-refractivity contribution in [3.05, 3.63) is 23.8 Å². The average Bonchev–Trinajstić information content (AvgIpc) is 3.28. The molecule has 8 heteroatoms. The lowest BCUT2D eigenvalue weighted by Crippen LogP contribution is -2.70. The topological polar surface area (TPSA) is 66.8 Å². The van der Waals surface area contributed by atoms with Gasteiger partial charge in [-0.25, -0.2) is 13.2 Å². The van der Waals surface area contributed by atoms with Crippen molar-refractivity contribution >= 4 is 11.6 Å². The Morgan fingerprint density at radius 3 is 2.58 bits per heavy atom. The second-order valence-electron chi connectivity index (χ2n) is 13.4. The molecule has 5 rings (SSSR count). The number of Topliss-reactive ketones (excluding diaryl/α,β-unsaturated/α-hetero) is 1. The molecule has 200 valence electrons. The van der Waals surface area contributed by atoms with Crippen LogP contribution in [0, 0.1) is 34.0 Å². The minimum Gasteiger partial charge on any atom is -0.390 e. The van der Waals surface area contributed by atoms with Gasteiger partial charge in [-0.2, -0.15) is 5.06 Å². The molecule has 1 N–H and O–H groups in total. The van der Waals surface area contributed by atoms with Crippen molar-refractivity contribution in [1.82, 2.24) is 5.06 Å². The van der Waals surface area contributed by atoms with E-state index >= 15 is 8.78 Å². The lowest BCUT2D eigenvalue weighted by molar-refractivity contribution is -0.267. The number of hydrogen-bond donors (Lipinski definition) is 1. The Morgan fingerprint density at radius 1 is 1.25 bits per heavy atom. The minimum absolute atomic E-state index is 0.0351. The molecule has 9 atom stereocenters. The Morgan fingerprint density at radius 2 is 1.94 bits per heavy atom. The van der Waals surface area contributed by atoms with Gasteiger partial charge in [0.25, 0.3) is 0 Å². The molecule has 0 aromatic heterocycles. The van der Waals surface area contributed by atoms with Crippen LogP contribution >= 0.6 is 0 Å². The largest absolute Gasteiger partial charge is 0.390 e. The van der Waals surface area contributed by atoms with Crippen molar-refractivity contribution in [2.24, 2.45) is 34.0 Å². The molecule has 5 aliphatic rings. The number of hydroxylamine groups is 2. The number of nitrogens with zero attached hydrogens (tertiary/aromatic N) is 1. The predicted molar refractivity (Wildman–Crippen MR) is 128 cm³/mol. The highest BCUT2D eigenvalue weighted by Gasteiger charge is 2.79. The van der Waals surface area contributed by atoms with E-state index in [0.29, 0.717) is 19.5 Å². The van der Waals surface area contributed by atoms with Crippen LogP contribution in [-0.4, -0.2) is 65.0 Å². The Kier molecular flexibility index (Phi) is 5.80. The molecular formula is C28H38F3NO4. The van der Waals surface area contributed by atoms with Crippen molar-refractivity contribution in [3.8, 4) is 0 Å². The lowest BCUT2D eigenvalue weighted by atomic mass is 9.44. The van der Waals surface area contributed by atoms with E-state index in [-0.39, 0.29) is 29.7 Å². The summed E-state index contributed by atoms with van der Waals surface area (Å²) in [6.07, 6.45) is 1.60. The molecular weight excluding hydrogens is 471 g/mol. The molecule has 4 aliphatic carbocycles. The standard InChI is InChI=1S/C28H38F3NO4/c1-24(2,3)8-9-32-15-16-10-18-19-12-21(30)20-11-17(33)6-7-25(20,4)27(19,31)22(34)13-26(18,5)28(16,36-32)23(35)14-29/h6-7,11,16,18-19,21-22,34H,8-10,12-15H2,1-5H3/t16-,18-,19-,21-,22-,25-,26-,27-,28-/m0/s1. The first-order valence-corrected chi connectivity index (χ1v) is 13.1. The van der Waals surface area contributed by atoms with Crippen molar-refractivity contribution in [3.63, 3.8) is 0 Å². The third-order valence-corrected chi connectivity index (χ3v) is 10.3. The third kappa shape index (κ3) is 3.19. The van der Waals surface area contributed by atoms with Crippen LogP contribution in [0.1, 0.15) is 60.3 Å². The van der Waals surface area contributed by atoms with Gasteiger partial charge in [0.15, 0.2) is 29.5 Å². The Labute approximate surface area is 211 Å². The highest BCUT2D eigenvalue weighted by Crippen LogP contribution is 2.72. The van der Waals surface area contributed by atoms with E-state index in [1.165, 1.54) is 12.2 Å². The first kappa shape index (κ1) is 26.1. The Bertz CT molecular complexity index is 1040. The van der Waals surface area contributed by atoms with Gasteiger partial charge >= 0.3 is 0 Å². The van der Waals surface area contributed by atoms with Gasteiger partial charge in [-0.05, 0) is 61.7 Å². The smallest absolute Gasteiger partial charge is 0.198 e. The summed E-state index contributed by atoms with van der Waals surface area (Å²) in [6.45, 7) is 9.43. The fourth-order valence-electron chi connectivity index (χ4n) is 8.52. The number of halogens is 3. The van der Waals surface area contributed by atoms with Crippen molar-refractivity contribution in [1.29, 1.82) is 0 Å². The zero-order valence-corrected chi connectivity index (χ0v) is 21.8. The number of aliphatic hydroxyl groups excluding tert-OH is 1. The highest BCUT2D eigenvalue weighted by atomic mass is 19.1. The zero-order chi connectivity index (χ0) is 26.5. The van der Waals surface area contributed by atoms with Crippen LogP contribution in [0.5, 0.6) is 0 Å². The molecule has 0 unspecified atom stereocenters. The first-order chi connectivity index (χ1) is 16.6. The second kappa shape index (κ2) is 8.00. The first-order valence-electron chi connectivity index (χ1n) is 13.1. The van der Waals surface area contributed by atoms with Gasteiger partial charge in [0.05, 0.1) is 6.10 Å². The molecule has 1 aliphatic heterocycles. The number of allylic oxidation sites excluding steroid dienone is 4. The molecule has 0 bridgehead atoms. The maximum atomic E-state index is 17.3. The summed E-state index contributed by atoms with van der Waals surface area (Å²) >= 11 is 0. The molecule has 0 radical (unpaired) electrons. The predicted octanol–water partition coefficient (Wildman–Crippen LogP) is 4.49. The molecule has 0 amide bonds. The SMILES string of the molecule is CC(C)(C)CCN1C[C@@H]2C[C@H]3[C@@H]4C[C@H](F)C5=CC(=O)C=C[C@]5(C)[C@@]4(F)[C@@H](O)C[C@]3(C)[C@]2(C(=O)CF)O1. The number of rotatable bonds is 4. The zero-order valence-electron chi connectivity index (χ0n) is 21.8. The molecule has 0 aromatic carbocycles. The molecule has 4 fully saturated rings. The summed E-state index contributed by atoms with van der Waals surface area (Å²) in [5.74, 6) is -2.86. The third-order valence-electron chi connectivity index (χ3n) is 10.3. The van der Waals surface area contributed by atoms with Gasteiger partial charge in [-0.3, -0.25) is 14.4 Å². The molecule has 0 spiro atoms. The fourth-order valence-corrected chi connectivity index (χ4v) is 8.52. The van der Waals surface area contributed by atoms with Crippen LogP contribution in [0.3, 0.4) is 0 Å². The molecule has 3 saturated carbocycles. The number of aliphatic hydroxyl groups is 1. The van der Waals surface area contributed by atoms with Crippen LogP contribution < -0.4 is 0 Å². The molecule has 5 nitrogen and oxygen atoms in total. The van der Waals surface area contributed by atoms with Crippen LogP contribution in [0.4, 0.5) is 13.2 Å². The van der Waals surface area contributed by atoms with Gasteiger partial charge in [0.1, 0.15) is 6.17 Å². The van der Waals surface area contributed by atoms with E-state index in [4.69, 9.17) is 4.84 Å². The van der Waals surface area contributed by atoms with Gasteiger partial charge in [-0.15, -0.1) is 0 Å². The van der Waals surface area contributed by atoms with Crippen LogP contribution in [0.15, 0.2) is 23.8 Å². The van der Waals surface area contributed by atoms with Gasteiger partial charge in [0.2, 0.25) is 0 Å². The summed E-state index contributed by atoms with van der Waals surface area (Å²) in [7, 11) is 0. The maximum absolute atomic E-state index is 17.3. The molecule has 1 saturated heterocycles. The van der Waals surface area contributed by atoms with Gasteiger partial charge in [-0.1, -0.05) is 33.8 Å². The van der Waals surface area contributed by atoms with E-state index < -0.39 is 64.5 Å². The normalized spacial score (nSPS) is 48.2. The summed E-state index contributed by atoms with van der Waals surface area (Å²) in [6, 6.07) is 0. The number of carbonyl (C=O) groups excluding carboxylic acids is 2. The Hall–Kier alpha value is -1.51.